The van der Waals surface area contributed by atoms with Crippen molar-refractivity contribution in [3.05, 3.63) is 39.5 Å². The Hall–Kier alpha value is -2.93. The summed E-state index contributed by atoms with van der Waals surface area (Å²) < 4.78 is 47.1. The molecular formula is C23H27ClF3N7O3. The first kappa shape index (κ1) is 25.7. The number of carbonyl (C=O) groups is 1. The molecule has 3 aliphatic rings. The zero-order chi connectivity index (χ0) is 26.2. The minimum Gasteiger partial charge on any atom is -0.372 e. The highest BCUT2D eigenvalue weighted by Crippen LogP contribution is 2.39. The Morgan fingerprint density at radius 3 is 2.51 bits per heavy atom. The summed E-state index contributed by atoms with van der Waals surface area (Å²) in [6.07, 6.45) is 1.56. The summed E-state index contributed by atoms with van der Waals surface area (Å²) in [5, 5.41) is 5.96. The molecule has 1 N–H and O–H groups in total. The van der Waals surface area contributed by atoms with Gasteiger partial charge in [0, 0.05) is 32.7 Å². The number of H-pyrrole nitrogens is 1. The summed E-state index contributed by atoms with van der Waals surface area (Å²) in [6, 6.07) is -0.312. The predicted octanol–water partition coefficient (Wildman–Crippen LogP) is 2.49. The van der Waals surface area contributed by atoms with Gasteiger partial charge in [-0.15, -0.1) is 0 Å². The predicted molar refractivity (Wildman–Crippen MR) is 129 cm³/mol. The van der Waals surface area contributed by atoms with Crippen LogP contribution in [0.3, 0.4) is 0 Å². The van der Waals surface area contributed by atoms with Crippen molar-refractivity contribution in [1.82, 2.24) is 25.1 Å². The topological polar surface area (TPSA) is 108 Å². The standard InChI is InChI=1S/C23H27ClF3N7O3/c24-14-11-28-22(29-12-14)33-8-6-32(7-9-33)19(35)10-15-3-4-18(37-15)16-2-1-5-34(16)17-13-30-31-21(36)20(17)23(25,26)27/h11-13,15-16,18H,1-10H2,(H,31,36)/t15-,16+,18+/m1/s1. The van der Waals surface area contributed by atoms with E-state index < -0.39 is 17.3 Å². The number of amides is 1. The van der Waals surface area contributed by atoms with E-state index in [4.69, 9.17) is 16.3 Å². The first-order valence-corrected chi connectivity index (χ1v) is 12.7. The van der Waals surface area contributed by atoms with Gasteiger partial charge in [0.1, 0.15) is 5.56 Å². The molecule has 3 fully saturated rings. The van der Waals surface area contributed by atoms with Crippen LogP contribution in [0.5, 0.6) is 0 Å². The molecule has 0 radical (unpaired) electrons. The minimum absolute atomic E-state index is 0.0104. The summed E-state index contributed by atoms with van der Waals surface area (Å²) in [5.41, 5.74) is -2.71. The van der Waals surface area contributed by atoms with E-state index in [0.717, 1.165) is 6.20 Å². The third kappa shape index (κ3) is 5.52. The van der Waals surface area contributed by atoms with E-state index in [0.29, 0.717) is 69.4 Å². The Labute approximate surface area is 215 Å². The van der Waals surface area contributed by atoms with Gasteiger partial charge in [-0.05, 0) is 25.7 Å². The van der Waals surface area contributed by atoms with E-state index >= 15 is 0 Å². The van der Waals surface area contributed by atoms with Crippen LogP contribution >= 0.6 is 11.6 Å². The highest BCUT2D eigenvalue weighted by molar-refractivity contribution is 6.30. The van der Waals surface area contributed by atoms with Crippen LogP contribution in [-0.2, 0) is 15.7 Å². The molecule has 2 aromatic heterocycles. The fourth-order valence-electron chi connectivity index (χ4n) is 5.47. The summed E-state index contributed by atoms with van der Waals surface area (Å²) in [7, 11) is 0. The highest BCUT2D eigenvalue weighted by atomic mass is 35.5. The van der Waals surface area contributed by atoms with Gasteiger partial charge in [0.2, 0.25) is 11.9 Å². The number of rotatable bonds is 5. The van der Waals surface area contributed by atoms with E-state index in [1.807, 2.05) is 10.00 Å². The number of carbonyl (C=O) groups excluding carboxylic acids is 1. The van der Waals surface area contributed by atoms with Crippen LogP contribution in [0.4, 0.5) is 24.8 Å². The second-order valence-electron chi connectivity index (χ2n) is 9.51. The monoisotopic (exact) mass is 541 g/mol. The highest BCUT2D eigenvalue weighted by Gasteiger charge is 2.44. The van der Waals surface area contributed by atoms with Crippen molar-refractivity contribution in [2.24, 2.45) is 0 Å². The fraction of sp³-hybridized carbons (Fsp3) is 0.609. The molecule has 0 saturated carbocycles. The average molecular weight is 542 g/mol. The molecule has 2 aromatic rings. The summed E-state index contributed by atoms with van der Waals surface area (Å²) >= 11 is 5.85. The lowest BCUT2D eigenvalue weighted by Crippen LogP contribution is -2.49. The molecule has 3 saturated heterocycles. The molecule has 200 valence electrons. The maximum Gasteiger partial charge on any atom is 0.423 e. The number of aromatic nitrogens is 4. The van der Waals surface area contributed by atoms with Gasteiger partial charge in [0.25, 0.3) is 5.56 Å². The smallest absolute Gasteiger partial charge is 0.372 e. The van der Waals surface area contributed by atoms with Gasteiger partial charge < -0.3 is 19.4 Å². The number of aromatic amines is 1. The van der Waals surface area contributed by atoms with Crippen molar-refractivity contribution in [3.63, 3.8) is 0 Å². The zero-order valence-corrected chi connectivity index (χ0v) is 20.7. The van der Waals surface area contributed by atoms with Crippen LogP contribution in [0.1, 0.15) is 37.7 Å². The largest absolute Gasteiger partial charge is 0.423 e. The third-order valence-corrected chi connectivity index (χ3v) is 7.42. The van der Waals surface area contributed by atoms with E-state index in [1.54, 1.807) is 9.80 Å². The first-order chi connectivity index (χ1) is 17.7. The number of halogens is 4. The molecule has 0 aromatic carbocycles. The Morgan fingerprint density at radius 2 is 1.81 bits per heavy atom. The van der Waals surface area contributed by atoms with E-state index in [9.17, 15) is 22.8 Å². The lowest BCUT2D eigenvalue weighted by molar-refractivity contribution is -0.138. The van der Waals surface area contributed by atoms with Crippen LogP contribution in [-0.4, -0.2) is 81.9 Å². The molecule has 0 spiro atoms. The third-order valence-electron chi connectivity index (χ3n) is 7.22. The molecule has 0 bridgehead atoms. The normalized spacial score (nSPS) is 24.6. The van der Waals surface area contributed by atoms with E-state index in [2.05, 4.69) is 15.1 Å². The van der Waals surface area contributed by atoms with Gasteiger partial charge in [-0.1, -0.05) is 11.6 Å². The molecule has 10 nitrogen and oxygen atoms in total. The van der Waals surface area contributed by atoms with Crippen LogP contribution in [0.15, 0.2) is 23.4 Å². The molecule has 3 atom stereocenters. The van der Waals surface area contributed by atoms with Crippen molar-refractivity contribution >= 4 is 29.1 Å². The molecule has 3 aliphatic heterocycles. The van der Waals surface area contributed by atoms with Gasteiger partial charge >= 0.3 is 6.18 Å². The summed E-state index contributed by atoms with van der Waals surface area (Å²) in [6.45, 7) is 2.65. The van der Waals surface area contributed by atoms with E-state index in [-0.39, 0.29) is 36.3 Å². The van der Waals surface area contributed by atoms with Gasteiger partial charge in [-0.25, -0.2) is 15.1 Å². The molecule has 37 heavy (non-hydrogen) atoms. The summed E-state index contributed by atoms with van der Waals surface area (Å²) in [5.74, 6) is 0.563. The molecule has 14 heteroatoms. The van der Waals surface area contributed by atoms with Crippen molar-refractivity contribution in [3.8, 4) is 0 Å². The fourth-order valence-corrected chi connectivity index (χ4v) is 5.57. The first-order valence-electron chi connectivity index (χ1n) is 12.3. The number of hydrogen-bond acceptors (Lipinski definition) is 8. The maximum atomic E-state index is 13.6. The molecule has 0 aliphatic carbocycles. The van der Waals surface area contributed by atoms with Crippen LogP contribution in [0.25, 0.3) is 0 Å². The molecule has 5 rings (SSSR count). The molecule has 0 unspecified atom stereocenters. The second kappa shape index (κ2) is 10.4. The minimum atomic E-state index is -4.80. The number of alkyl halides is 3. The number of piperazine rings is 1. The number of ether oxygens (including phenoxy) is 1. The Balaban J connectivity index is 1.17. The second-order valence-corrected chi connectivity index (χ2v) is 9.94. The summed E-state index contributed by atoms with van der Waals surface area (Å²) in [4.78, 5) is 38.7. The number of hydrogen-bond donors (Lipinski definition) is 1. The van der Waals surface area contributed by atoms with E-state index in [1.165, 1.54) is 12.4 Å². The van der Waals surface area contributed by atoms with Gasteiger partial charge in [0.15, 0.2) is 0 Å². The quantitative estimate of drug-likeness (QED) is 0.615. The van der Waals surface area contributed by atoms with Crippen LogP contribution in [0.2, 0.25) is 5.02 Å². The van der Waals surface area contributed by atoms with Crippen molar-refractivity contribution in [2.75, 3.05) is 42.5 Å². The van der Waals surface area contributed by atoms with Crippen LogP contribution in [0, 0.1) is 0 Å². The molecular weight excluding hydrogens is 515 g/mol. The van der Waals surface area contributed by atoms with Crippen molar-refractivity contribution in [2.45, 2.75) is 56.5 Å². The molecule has 1 amide bonds. The SMILES string of the molecule is O=C(C[C@H]1CC[C@@H]([C@@H]2CCCN2c2cn[nH]c(=O)c2C(F)(F)F)O1)N1CCN(c2ncc(Cl)cn2)CC1. The van der Waals surface area contributed by atoms with Crippen molar-refractivity contribution in [1.29, 1.82) is 0 Å². The Morgan fingerprint density at radius 1 is 1.08 bits per heavy atom. The molecule has 5 heterocycles. The van der Waals surface area contributed by atoms with Gasteiger partial charge in [-0.2, -0.15) is 18.3 Å². The average Bonchev–Trinajstić information content (AvgIpc) is 3.53. The Kier molecular flexibility index (Phi) is 7.26. The number of nitrogens with one attached hydrogen (secondary N) is 1. The van der Waals surface area contributed by atoms with Crippen molar-refractivity contribution < 1.29 is 22.7 Å². The van der Waals surface area contributed by atoms with Gasteiger partial charge in [0.05, 0.1) is 54.0 Å². The zero-order valence-electron chi connectivity index (χ0n) is 20.0. The maximum absolute atomic E-state index is 13.6. The van der Waals surface area contributed by atoms with Crippen LogP contribution < -0.4 is 15.4 Å². The van der Waals surface area contributed by atoms with Gasteiger partial charge in [-0.3, -0.25) is 9.59 Å². The lowest BCUT2D eigenvalue weighted by atomic mass is 10.0. The Bertz CT molecular complexity index is 1170. The number of anilines is 2. The number of nitrogens with zero attached hydrogens (tertiary/aromatic N) is 6. The lowest BCUT2D eigenvalue weighted by Gasteiger charge is -2.35.